The fourth-order valence-electron chi connectivity index (χ4n) is 3.60. The molecule has 2 N–H and O–H groups in total. The molecular formula is C20H28FN3O4. The highest BCUT2D eigenvalue weighted by Gasteiger charge is 2.35. The number of carbonyl (C=O) groups excluding carboxylic acids is 2. The largest absolute Gasteiger partial charge is 0.444 e. The standard InChI is InChI=1S/C20H28FN3O4/c1-20(2,3)28-18(25)23-9-7-13(8-10-23)15-5-4-6-16(17(15)21)24-12-14(11-22)27-19(24)26/h4-6,13-14H,7-12,22H2,1-3H3/t14-/m0/s1. The second-order valence-corrected chi connectivity index (χ2v) is 8.27. The van der Waals surface area contributed by atoms with Gasteiger partial charge in [0.15, 0.2) is 5.82 Å². The molecule has 2 amide bonds. The highest BCUT2D eigenvalue weighted by atomic mass is 19.1. The van der Waals surface area contributed by atoms with Crippen LogP contribution in [0.25, 0.3) is 0 Å². The van der Waals surface area contributed by atoms with Crippen molar-refractivity contribution >= 4 is 17.9 Å². The van der Waals surface area contributed by atoms with Gasteiger partial charge in [-0.2, -0.15) is 0 Å². The zero-order valence-corrected chi connectivity index (χ0v) is 16.6. The van der Waals surface area contributed by atoms with Crippen LogP contribution in [0.1, 0.15) is 45.1 Å². The summed E-state index contributed by atoms with van der Waals surface area (Å²) in [5.41, 5.74) is 5.79. The molecule has 0 aromatic heterocycles. The molecule has 8 heteroatoms. The SMILES string of the molecule is CC(C)(C)OC(=O)N1CCC(c2cccc(N3C[C@H](CN)OC3=O)c2F)CC1. The van der Waals surface area contributed by atoms with E-state index in [2.05, 4.69) is 0 Å². The number of cyclic esters (lactones) is 1. The summed E-state index contributed by atoms with van der Waals surface area (Å²) in [6, 6.07) is 5.07. The Morgan fingerprint density at radius 1 is 1.32 bits per heavy atom. The molecule has 0 unspecified atom stereocenters. The summed E-state index contributed by atoms with van der Waals surface area (Å²) < 4.78 is 25.7. The third-order valence-electron chi connectivity index (χ3n) is 5.02. The van der Waals surface area contributed by atoms with E-state index in [4.69, 9.17) is 15.2 Å². The van der Waals surface area contributed by atoms with E-state index < -0.39 is 23.6 Å². The van der Waals surface area contributed by atoms with Crippen LogP contribution in [-0.4, -0.2) is 55.0 Å². The first-order chi connectivity index (χ1) is 13.2. The Kier molecular flexibility index (Phi) is 5.79. The Morgan fingerprint density at radius 2 is 2.00 bits per heavy atom. The predicted octanol–water partition coefficient (Wildman–Crippen LogP) is 3.22. The van der Waals surface area contributed by atoms with Gasteiger partial charge in [-0.05, 0) is 51.2 Å². The zero-order chi connectivity index (χ0) is 20.5. The van der Waals surface area contributed by atoms with Gasteiger partial charge in [0.25, 0.3) is 0 Å². The van der Waals surface area contributed by atoms with Crippen LogP contribution in [0.4, 0.5) is 19.7 Å². The van der Waals surface area contributed by atoms with Gasteiger partial charge in [-0.25, -0.2) is 14.0 Å². The van der Waals surface area contributed by atoms with Gasteiger partial charge < -0.3 is 20.1 Å². The molecule has 28 heavy (non-hydrogen) atoms. The number of ether oxygens (including phenoxy) is 2. The van der Waals surface area contributed by atoms with E-state index in [1.165, 1.54) is 4.90 Å². The van der Waals surface area contributed by atoms with Gasteiger partial charge >= 0.3 is 12.2 Å². The number of piperidine rings is 1. The maximum atomic E-state index is 15.2. The van der Waals surface area contributed by atoms with Crippen molar-refractivity contribution in [3.8, 4) is 0 Å². The van der Waals surface area contributed by atoms with E-state index in [0.717, 1.165) is 0 Å². The molecule has 0 radical (unpaired) electrons. The Labute approximate surface area is 164 Å². The van der Waals surface area contributed by atoms with E-state index in [0.29, 0.717) is 31.5 Å². The maximum absolute atomic E-state index is 15.2. The third kappa shape index (κ3) is 4.38. The van der Waals surface area contributed by atoms with E-state index >= 15 is 4.39 Å². The molecule has 154 valence electrons. The predicted molar refractivity (Wildman–Crippen MR) is 103 cm³/mol. The Morgan fingerprint density at radius 3 is 2.57 bits per heavy atom. The summed E-state index contributed by atoms with van der Waals surface area (Å²) in [4.78, 5) is 27.2. The number of carbonyl (C=O) groups is 2. The molecule has 0 saturated carbocycles. The van der Waals surface area contributed by atoms with Gasteiger partial charge in [0.2, 0.25) is 0 Å². The van der Waals surface area contributed by atoms with Crippen molar-refractivity contribution in [3.63, 3.8) is 0 Å². The molecule has 1 aromatic carbocycles. The monoisotopic (exact) mass is 393 g/mol. The fourth-order valence-corrected chi connectivity index (χ4v) is 3.60. The maximum Gasteiger partial charge on any atom is 0.414 e. The van der Waals surface area contributed by atoms with Crippen molar-refractivity contribution in [2.75, 3.05) is 31.1 Å². The van der Waals surface area contributed by atoms with Gasteiger partial charge in [0, 0.05) is 19.6 Å². The molecule has 2 aliphatic rings. The fraction of sp³-hybridized carbons (Fsp3) is 0.600. The number of rotatable bonds is 3. The number of nitrogens with zero attached hydrogens (tertiary/aromatic N) is 2. The second-order valence-electron chi connectivity index (χ2n) is 8.27. The first-order valence-corrected chi connectivity index (χ1v) is 9.64. The van der Waals surface area contributed by atoms with Crippen LogP contribution in [0.2, 0.25) is 0 Å². The third-order valence-corrected chi connectivity index (χ3v) is 5.02. The van der Waals surface area contributed by atoms with Crippen LogP contribution in [-0.2, 0) is 9.47 Å². The van der Waals surface area contributed by atoms with E-state index in [9.17, 15) is 9.59 Å². The van der Waals surface area contributed by atoms with Crippen LogP contribution in [0, 0.1) is 5.82 Å². The molecule has 1 atom stereocenters. The lowest BCUT2D eigenvalue weighted by atomic mass is 9.88. The van der Waals surface area contributed by atoms with Crippen molar-refractivity contribution in [1.29, 1.82) is 0 Å². The molecule has 0 spiro atoms. The lowest BCUT2D eigenvalue weighted by Gasteiger charge is -2.34. The molecule has 0 aliphatic carbocycles. The van der Waals surface area contributed by atoms with Gasteiger partial charge in [-0.3, -0.25) is 4.90 Å². The van der Waals surface area contributed by atoms with Crippen molar-refractivity contribution in [2.45, 2.75) is 51.2 Å². The minimum atomic E-state index is -0.578. The number of nitrogens with two attached hydrogens (primary N) is 1. The number of likely N-dealkylation sites (tertiary alicyclic amines) is 1. The summed E-state index contributed by atoms with van der Waals surface area (Å²) >= 11 is 0. The molecule has 7 nitrogen and oxygen atoms in total. The summed E-state index contributed by atoms with van der Waals surface area (Å²) in [7, 11) is 0. The van der Waals surface area contributed by atoms with Gasteiger partial charge in [-0.15, -0.1) is 0 Å². The normalized spacial score (nSPS) is 21.0. The van der Waals surface area contributed by atoms with Crippen LogP contribution in [0.15, 0.2) is 18.2 Å². The van der Waals surface area contributed by atoms with Crippen molar-refractivity contribution in [3.05, 3.63) is 29.6 Å². The molecule has 0 bridgehead atoms. The van der Waals surface area contributed by atoms with E-state index in [1.54, 1.807) is 23.1 Å². The second kappa shape index (κ2) is 7.95. The molecule has 2 saturated heterocycles. The van der Waals surface area contributed by atoms with E-state index in [-0.39, 0.29) is 30.8 Å². The van der Waals surface area contributed by atoms with Crippen molar-refractivity contribution in [2.24, 2.45) is 5.73 Å². The van der Waals surface area contributed by atoms with Crippen LogP contribution in [0.5, 0.6) is 0 Å². The summed E-state index contributed by atoms with van der Waals surface area (Å²) in [5, 5.41) is 0. The minimum Gasteiger partial charge on any atom is -0.444 e. The summed E-state index contributed by atoms with van der Waals surface area (Å²) in [6.45, 7) is 6.94. The molecule has 2 fully saturated rings. The topological polar surface area (TPSA) is 85.1 Å². The van der Waals surface area contributed by atoms with Crippen molar-refractivity contribution in [1.82, 2.24) is 4.90 Å². The number of halogens is 1. The zero-order valence-electron chi connectivity index (χ0n) is 16.6. The average molecular weight is 393 g/mol. The summed E-state index contributed by atoms with van der Waals surface area (Å²) in [6.07, 6.45) is -0.0722. The first-order valence-electron chi connectivity index (χ1n) is 9.64. The number of hydrogen-bond donors (Lipinski definition) is 1. The molecule has 3 rings (SSSR count). The Balaban J connectivity index is 1.69. The van der Waals surface area contributed by atoms with Gasteiger partial charge in [-0.1, -0.05) is 12.1 Å². The lowest BCUT2D eigenvalue weighted by molar-refractivity contribution is 0.0204. The van der Waals surface area contributed by atoms with Crippen LogP contribution >= 0.6 is 0 Å². The smallest absolute Gasteiger partial charge is 0.414 e. The molecule has 2 heterocycles. The number of anilines is 1. The minimum absolute atomic E-state index is 0.0254. The molecule has 1 aromatic rings. The van der Waals surface area contributed by atoms with Gasteiger partial charge in [0.1, 0.15) is 11.7 Å². The van der Waals surface area contributed by atoms with Crippen molar-refractivity contribution < 1.29 is 23.5 Å². The van der Waals surface area contributed by atoms with Crippen LogP contribution < -0.4 is 10.6 Å². The highest BCUT2D eigenvalue weighted by Crippen LogP contribution is 2.35. The molecular weight excluding hydrogens is 365 g/mol. The average Bonchev–Trinajstić information content (AvgIpc) is 3.01. The van der Waals surface area contributed by atoms with E-state index in [1.807, 2.05) is 20.8 Å². The Hall–Kier alpha value is -2.35. The first kappa shape index (κ1) is 20.4. The quantitative estimate of drug-likeness (QED) is 0.852. The van der Waals surface area contributed by atoms with Crippen LogP contribution in [0.3, 0.4) is 0 Å². The Bertz CT molecular complexity index is 741. The number of benzene rings is 1. The number of hydrogen-bond acceptors (Lipinski definition) is 5. The highest BCUT2D eigenvalue weighted by molar-refractivity contribution is 5.90. The summed E-state index contributed by atoms with van der Waals surface area (Å²) in [5.74, 6) is -0.435. The lowest BCUT2D eigenvalue weighted by Crippen LogP contribution is -2.41. The molecule has 2 aliphatic heterocycles. The van der Waals surface area contributed by atoms with Gasteiger partial charge in [0.05, 0.1) is 12.2 Å². The number of amides is 2.